The second kappa shape index (κ2) is 6.59. The Morgan fingerprint density at radius 2 is 2.08 bits per heavy atom. The number of amides is 2. The highest BCUT2D eigenvalue weighted by Crippen LogP contribution is 2.22. The average molecular weight is 325 g/mol. The molecular weight excluding hydrogens is 302 g/mol. The van der Waals surface area contributed by atoms with Crippen LogP contribution in [0.15, 0.2) is 24.3 Å². The molecule has 1 saturated heterocycles. The largest absolute Gasteiger partial charge is 0.356 e. The van der Waals surface area contributed by atoms with Crippen molar-refractivity contribution in [1.29, 1.82) is 0 Å². The summed E-state index contributed by atoms with van der Waals surface area (Å²) < 4.78 is 0. The van der Waals surface area contributed by atoms with E-state index in [2.05, 4.69) is 10.3 Å². The van der Waals surface area contributed by atoms with Gasteiger partial charge < -0.3 is 10.2 Å². The van der Waals surface area contributed by atoms with E-state index in [0.717, 1.165) is 35.1 Å². The van der Waals surface area contributed by atoms with Crippen LogP contribution in [-0.4, -0.2) is 41.3 Å². The van der Waals surface area contributed by atoms with Gasteiger partial charge in [0.2, 0.25) is 5.91 Å². The van der Waals surface area contributed by atoms with E-state index in [0.29, 0.717) is 24.6 Å². The van der Waals surface area contributed by atoms with Crippen LogP contribution in [0.2, 0.25) is 0 Å². The number of nitrogens with zero attached hydrogens (tertiary/aromatic N) is 2. The first-order valence-electron chi connectivity index (χ1n) is 8.36. The van der Waals surface area contributed by atoms with Crippen LogP contribution in [0.1, 0.15) is 35.0 Å². The number of carbonyl (C=O) groups is 2. The van der Waals surface area contributed by atoms with Crippen molar-refractivity contribution in [3.63, 3.8) is 0 Å². The molecule has 2 amide bonds. The number of rotatable bonds is 3. The van der Waals surface area contributed by atoms with E-state index < -0.39 is 0 Å². The fourth-order valence-corrected chi connectivity index (χ4v) is 3.23. The monoisotopic (exact) mass is 325 g/mol. The van der Waals surface area contributed by atoms with Crippen LogP contribution >= 0.6 is 0 Å². The fourth-order valence-electron chi connectivity index (χ4n) is 3.23. The summed E-state index contributed by atoms with van der Waals surface area (Å²) in [7, 11) is 0. The molecule has 1 fully saturated rings. The maximum atomic E-state index is 12.9. The van der Waals surface area contributed by atoms with Crippen molar-refractivity contribution in [3.8, 4) is 0 Å². The zero-order valence-electron chi connectivity index (χ0n) is 14.4. The molecule has 0 aliphatic carbocycles. The number of likely N-dealkylation sites (tertiary alicyclic amines) is 1. The van der Waals surface area contributed by atoms with Crippen molar-refractivity contribution >= 4 is 22.7 Å². The standard InChI is InChI=1S/C19H23N3O2/c1-12-4-5-16-9-17(13(2)21-18(16)8-12)19(24)22-7-6-15(11-22)10-20-14(3)23/h4-5,8-9,15H,6-7,10-11H2,1-3H3,(H,20,23). The lowest BCUT2D eigenvalue weighted by atomic mass is 10.1. The van der Waals surface area contributed by atoms with Gasteiger partial charge in [-0.2, -0.15) is 0 Å². The Kier molecular flexibility index (Phi) is 4.51. The second-order valence-electron chi connectivity index (χ2n) is 6.66. The SMILES string of the molecule is CC(=O)NCC1CCN(C(=O)c2cc3ccc(C)cc3nc2C)C1. The molecule has 1 aromatic carbocycles. The lowest BCUT2D eigenvalue weighted by molar-refractivity contribution is -0.119. The first-order chi connectivity index (χ1) is 11.4. The summed E-state index contributed by atoms with van der Waals surface area (Å²) in [6.45, 7) is 7.49. The molecule has 0 spiro atoms. The summed E-state index contributed by atoms with van der Waals surface area (Å²) >= 11 is 0. The minimum absolute atomic E-state index is 0.0235. The molecule has 1 atom stereocenters. The smallest absolute Gasteiger partial charge is 0.255 e. The summed E-state index contributed by atoms with van der Waals surface area (Å²) in [5, 5.41) is 3.83. The van der Waals surface area contributed by atoms with Crippen LogP contribution in [0.4, 0.5) is 0 Å². The Bertz CT molecular complexity index is 801. The van der Waals surface area contributed by atoms with Gasteiger partial charge in [0.05, 0.1) is 16.8 Å². The predicted molar refractivity (Wildman–Crippen MR) is 93.9 cm³/mol. The highest BCUT2D eigenvalue weighted by Gasteiger charge is 2.28. The second-order valence-corrected chi connectivity index (χ2v) is 6.66. The van der Waals surface area contributed by atoms with Crippen molar-refractivity contribution in [2.75, 3.05) is 19.6 Å². The molecule has 1 aliphatic heterocycles. The molecule has 2 heterocycles. The Balaban J connectivity index is 1.78. The minimum Gasteiger partial charge on any atom is -0.356 e. The number of hydrogen-bond acceptors (Lipinski definition) is 3. The third kappa shape index (κ3) is 3.40. The van der Waals surface area contributed by atoms with Crippen molar-refractivity contribution in [2.45, 2.75) is 27.2 Å². The molecule has 1 aliphatic rings. The summed E-state index contributed by atoms with van der Waals surface area (Å²) in [6, 6.07) is 8.03. The summed E-state index contributed by atoms with van der Waals surface area (Å²) in [6.07, 6.45) is 0.922. The number of pyridine rings is 1. The molecular formula is C19H23N3O2. The van der Waals surface area contributed by atoms with Crippen molar-refractivity contribution in [1.82, 2.24) is 15.2 Å². The lowest BCUT2D eigenvalue weighted by Crippen LogP contribution is -2.32. The fraction of sp³-hybridized carbons (Fsp3) is 0.421. The van der Waals surface area contributed by atoms with Crippen LogP contribution in [0.5, 0.6) is 0 Å². The average Bonchev–Trinajstić information content (AvgIpc) is 3.00. The summed E-state index contributed by atoms with van der Waals surface area (Å²) in [5.74, 6) is 0.340. The van der Waals surface area contributed by atoms with E-state index in [1.165, 1.54) is 6.92 Å². The molecule has 5 nitrogen and oxygen atoms in total. The molecule has 0 bridgehead atoms. The van der Waals surface area contributed by atoms with Gasteiger partial charge in [-0.1, -0.05) is 12.1 Å². The zero-order valence-corrected chi connectivity index (χ0v) is 14.4. The minimum atomic E-state index is -0.0235. The van der Waals surface area contributed by atoms with Crippen molar-refractivity contribution < 1.29 is 9.59 Å². The van der Waals surface area contributed by atoms with E-state index >= 15 is 0 Å². The van der Waals surface area contributed by atoms with E-state index in [1.54, 1.807) is 0 Å². The number of carbonyl (C=O) groups excluding carboxylic acids is 2. The van der Waals surface area contributed by atoms with Gasteiger partial charge in [-0.3, -0.25) is 14.6 Å². The molecule has 2 aromatic rings. The molecule has 1 aromatic heterocycles. The Labute approximate surface area is 142 Å². The van der Waals surface area contributed by atoms with Gasteiger partial charge in [0.15, 0.2) is 0 Å². The van der Waals surface area contributed by atoms with Crippen molar-refractivity contribution in [3.05, 3.63) is 41.1 Å². The maximum Gasteiger partial charge on any atom is 0.255 e. The summed E-state index contributed by atoms with van der Waals surface area (Å²) in [4.78, 5) is 30.4. The van der Waals surface area contributed by atoms with Crippen LogP contribution < -0.4 is 5.32 Å². The van der Waals surface area contributed by atoms with Gasteiger partial charge in [0, 0.05) is 31.9 Å². The number of hydrogen-bond donors (Lipinski definition) is 1. The van der Waals surface area contributed by atoms with Crippen LogP contribution in [0.3, 0.4) is 0 Å². The van der Waals surface area contributed by atoms with Crippen LogP contribution in [0, 0.1) is 19.8 Å². The van der Waals surface area contributed by atoms with Crippen LogP contribution in [-0.2, 0) is 4.79 Å². The molecule has 5 heteroatoms. The number of nitrogens with one attached hydrogen (secondary N) is 1. The molecule has 3 rings (SSSR count). The highest BCUT2D eigenvalue weighted by atomic mass is 16.2. The zero-order chi connectivity index (χ0) is 17.3. The quantitative estimate of drug-likeness (QED) is 0.943. The Morgan fingerprint density at radius 3 is 2.83 bits per heavy atom. The molecule has 24 heavy (non-hydrogen) atoms. The topological polar surface area (TPSA) is 62.3 Å². The predicted octanol–water partition coefficient (Wildman–Crippen LogP) is 2.45. The van der Waals surface area contributed by atoms with Gasteiger partial charge in [0.1, 0.15) is 0 Å². The molecule has 0 saturated carbocycles. The maximum absolute atomic E-state index is 12.9. The van der Waals surface area contributed by atoms with Gasteiger partial charge in [-0.05, 0) is 43.9 Å². The van der Waals surface area contributed by atoms with Gasteiger partial charge in [-0.25, -0.2) is 0 Å². The number of fused-ring (bicyclic) bond motifs is 1. The van der Waals surface area contributed by atoms with E-state index in [9.17, 15) is 9.59 Å². The van der Waals surface area contributed by atoms with Crippen LogP contribution in [0.25, 0.3) is 10.9 Å². The summed E-state index contributed by atoms with van der Waals surface area (Å²) in [5.41, 5.74) is 3.53. The normalized spacial score (nSPS) is 17.3. The number of aryl methyl sites for hydroxylation is 2. The first-order valence-corrected chi connectivity index (χ1v) is 8.36. The third-order valence-corrected chi connectivity index (χ3v) is 4.61. The third-order valence-electron chi connectivity index (χ3n) is 4.61. The van der Waals surface area contributed by atoms with E-state index in [-0.39, 0.29) is 11.8 Å². The first kappa shape index (κ1) is 16.4. The molecule has 1 unspecified atom stereocenters. The van der Waals surface area contributed by atoms with Gasteiger partial charge >= 0.3 is 0 Å². The molecule has 126 valence electrons. The number of benzene rings is 1. The van der Waals surface area contributed by atoms with Gasteiger partial charge in [0.25, 0.3) is 5.91 Å². The van der Waals surface area contributed by atoms with Gasteiger partial charge in [-0.15, -0.1) is 0 Å². The molecule has 0 radical (unpaired) electrons. The van der Waals surface area contributed by atoms with Crippen molar-refractivity contribution in [2.24, 2.45) is 5.92 Å². The Hall–Kier alpha value is -2.43. The van der Waals surface area contributed by atoms with E-state index in [1.807, 2.05) is 43.0 Å². The highest BCUT2D eigenvalue weighted by molar-refractivity contribution is 5.98. The lowest BCUT2D eigenvalue weighted by Gasteiger charge is -2.18. The number of aromatic nitrogens is 1. The van der Waals surface area contributed by atoms with E-state index in [4.69, 9.17) is 0 Å². The Morgan fingerprint density at radius 1 is 1.29 bits per heavy atom. The molecule has 1 N–H and O–H groups in total.